The van der Waals surface area contributed by atoms with Crippen LogP contribution in [0.3, 0.4) is 0 Å². The summed E-state index contributed by atoms with van der Waals surface area (Å²) in [7, 11) is 0. The van der Waals surface area contributed by atoms with E-state index in [9.17, 15) is 0 Å². The Hall–Kier alpha value is -0.0800. The van der Waals surface area contributed by atoms with Crippen molar-refractivity contribution in [2.75, 3.05) is 26.2 Å². The quantitative estimate of drug-likeness (QED) is 0.678. The Bertz CT molecular complexity index is 242. The van der Waals surface area contributed by atoms with E-state index in [-0.39, 0.29) is 0 Å². The first-order chi connectivity index (χ1) is 9.53. The largest absolute Gasteiger partial charge is 0.313 e. The molecule has 0 unspecified atom stereocenters. The molecule has 20 heavy (non-hydrogen) atoms. The Morgan fingerprint density at radius 2 is 1.65 bits per heavy atom. The molecule has 1 aliphatic rings. The Morgan fingerprint density at radius 3 is 2.15 bits per heavy atom. The molecule has 0 aliphatic heterocycles. The van der Waals surface area contributed by atoms with Crippen LogP contribution in [0.15, 0.2) is 0 Å². The molecule has 1 fully saturated rings. The molecular weight excluding hydrogens is 244 g/mol. The molecule has 0 radical (unpaired) electrons. The highest BCUT2D eigenvalue weighted by Crippen LogP contribution is 2.40. The summed E-state index contributed by atoms with van der Waals surface area (Å²) in [6.07, 6.45) is 8.20. The Labute approximate surface area is 127 Å². The highest BCUT2D eigenvalue weighted by molar-refractivity contribution is 4.85. The van der Waals surface area contributed by atoms with Gasteiger partial charge in [0, 0.05) is 19.1 Å². The van der Waals surface area contributed by atoms with E-state index in [1.54, 1.807) is 0 Å². The van der Waals surface area contributed by atoms with Crippen LogP contribution in [0.1, 0.15) is 73.1 Å². The predicted octanol–water partition coefficient (Wildman–Crippen LogP) is 4.30. The fourth-order valence-corrected chi connectivity index (χ4v) is 3.54. The Morgan fingerprint density at radius 1 is 1.00 bits per heavy atom. The summed E-state index contributed by atoms with van der Waals surface area (Å²) in [5.41, 5.74) is 0.547. The van der Waals surface area contributed by atoms with Crippen LogP contribution in [0.4, 0.5) is 0 Å². The van der Waals surface area contributed by atoms with Gasteiger partial charge in [0.1, 0.15) is 0 Å². The lowest BCUT2D eigenvalue weighted by Crippen LogP contribution is -2.40. The van der Waals surface area contributed by atoms with Gasteiger partial charge >= 0.3 is 0 Å². The fourth-order valence-electron chi connectivity index (χ4n) is 3.54. The highest BCUT2D eigenvalue weighted by atomic mass is 15.1. The predicted molar refractivity (Wildman–Crippen MR) is 90.2 cm³/mol. The molecular formula is C18H38N2. The van der Waals surface area contributed by atoms with Gasteiger partial charge in [0.15, 0.2) is 0 Å². The smallest absolute Gasteiger partial charge is 0.0107 e. The zero-order chi connectivity index (χ0) is 15.0. The summed E-state index contributed by atoms with van der Waals surface area (Å²) < 4.78 is 0. The second kappa shape index (κ2) is 9.04. The molecule has 0 heterocycles. The monoisotopic (exact) mass is 282 g/mol. The first-order valence-corrected chi connectivity index (χ1v) is 8.99. The molecule has 0 spiro atoms. The van der Waals surface area contributed by atoms with Crippen LogP contribution in [-0.4, -0.2) is 37.1 Å². The van der Waals surface area contributed by atoms with Crippen LogP contribution in [0.25, 0.3) is 0 Å². The molecule has 0 bridgehead atoms. The molecule has 1 N–H and O–H groups in total. The average molecular weight is 283 g/mol. The third-order valence-corrected chi connectivity index (χ3v) is 5.59. The van der Waals surface area contributed by atoms with Gasteiger partial charge in [-0.25, -0.2) is 0 Å². The summed E-state index contributed by atoms with van der Waals surface area (Å²) in [5.74, 6) is 0.942. The van der Waals surface area contributed by atoms with E-state index in [1.165, 1.54) is 64.7 Å². The molecule has 0 aromatic carbocycles. The lowest BCUT2D eigenvalue weighted by molar-refractivity contribution is 0.136. The summed E-state index contributed by atoms with van der Waals surface area (Å²) in [6.45, 7) is 16.6. The van der Waals surface area contributed by atoms with E-state index < -0.39 is 0 Å². The van der Waals surface area contributed by atoms with Crippen LogP contribution in [0.2, 0.25) is 0 Å². The second-order valence-electron chi connectivity index (χ2n) is 7.28. The molecule has 1 rings (SSSR count). The fraction of sp³-hybridized carbons (Fsp3) is 1.00. The number of likely N-dealkylation sites (N-methyl/N-ethyl adjacent to an activating group) is 1. The van der Waals surface area contributed by atoms with E-state index >= 15 is 0 Å². The van der Waals surface area contributed by atoms with E-state index in [0.717, 1.165) is 12.0 Å². The van der Waals surface area contributed by atoms with Gasteiger partial charge in [0.2, 0.25) is 0 Å². The molecule has 2 heteroatoms. The van der Waals surface area contributed by atoms with Crippen LogP contribution in [0, 0.1) is 11.3 Å². The van der Waals surface area contributed by atoms with Crippen molar-refractivity contribution in [1.29, 1.82) is 0 Å². The molecule has 120 valence electrons. The maximum Gasteiger partial charge on any atom is 0.0107 e. The summed E-state index contributed by atoms with van der Waals surface area (Å²) >= 11 is 0. The second-order valence-corrected chi connectivity index (χ2v) is 7.28. The zero-order valence-corrected chi connectivity index (χ0v) is 14.7. The van der Waals surface area contributed by atoms with Crippen LogP contribution in [0.5, 0.6) is 0 Å². The molecule has 2 nitrogen and oxygen atoms in total. The number of rotatable bonds is 9. The van der Waals surface area contributed by atoms with Gasteiger partial charge in [0.25, 0.3) is 0 Å². The van der Waals surface area contributed by atoms with Crippen molar-refractivity contribution in [1.82, 2.24) is 10.2 Å². The molecule has 0 amide bonds. The minimum absolute atomic E-state index is 0.547. The van der Waals surface area contributed by atoms with Gasteiger partial charge in [-0.3, -0.25) is 0 Å². The minimum atomic E-state index is 0.547. The van der Waals surface area contributed by atoms with Crippen LogP contribution >= 0.6 is 0 Å². The minimum Gasteiger partial charge on any atom is -0.313 e. The van der Waals surface area contributed by atoms with Crippen molar-refractivity contribution in [3.8, 4) is 0 Å². The molecule has 0 saturated heterocycles. The van der Waals surface area contributed by atoms with Crippen molar-refractivity contribution >= 4 is 0 Å². The molecule has 1 saturated carbocycles. The van der Waals surface area contributed by atoms with Crippen molar-refractivity contribution in [2.45, 2.75) is 79.2 Å². The maximum atomic E-state index is 3.79. The topological polar surface area (TPSA) is 15.3 Å². The first-order valence-electron chi connectivity index (χ1n) is 8.99. The van der Waals surface area contributed by atoms with Crippen LogP contribution < -0.4 is 5.32 Å². The summed E-state index contributed by atoms with van der Waals surface area (Å²) in [5, 5.41) is 3.79. The van der Waals surface area contributed by atoms with Crippen molar-refractivity contribution in [3.63, 3.8) is 0 Å². The zero-order valence-electron chi connectivity index (χ0n) is 14.7. The van der Waals surface area contributed by atoms with Gasteiger partial charge in [-0.2, -0.15) is 0 Å². The summed E-state index contributed by atoms with van der Waals surface area (Å²) in [6, 6.07) is 0.777. The number of nitrogens with one attached hydrogen (secondary N) is 1. The van der Waals surface area contributed by atoms with E-state index in [2.05, 4.69) is 44.8 Å². The van der Waals surface area contributed by atoms with E-state index in [1.807, 2.05) is 0 Å². The standard InChI is InChI=1S/C18H38N2/c1-6-14-20(8-3)15-13-19-17-11-9-16(10-12-17)18(4,5)7-2/h16-17,19H,6-15H2,1-5H3. The third-order valence-electron chi connectivity index (χ3n) is 5.59. The molecule has 1 aliphatic carbocycles. The highest BCUT2D eigenvalue weighted by Gasteiger charge is 2.31. The third kappa shape index (κ3) is 5.73. The number of nitrogens with zero attached hydrogens (tertiary/aromatic N) is 1. The van der Waals surface area contributed by atoms with E-state index in [0.29, 0.717) is 5.41 Å². The van der Waals surface area contributed by atoms with Crippen LogP contribution in [-0.2, 0) is 0 Å². The Kier molecular flexibility index (Phi) is 8.13. The normalized spacial score (nSPS) is 24.3. The Balaban J connectivity index is 2.19. The van der Waals surface area contributed by atoms with Gasteiger partial charge < -0.3 is 10.2 Å². The molecule has 0 atom stereocenters. The van der Waals surface area contributed by atoms with Gasteiger partial charge in [-0.15, -0.1) is 0 Å². The first kappa shape index (κ1) is 18.0. The van der Waals surface area contributed by atoms with E-state index in [4.69, 9.17) is 0 Å². The molecule has 0 aromatic rings. The number of hydrogen-bond acceptors (Lipinski definition) is 2. The van der Waals surface area contributed by atoms with Crippen molar-refractivity contribution in [3.05, 3.63) is 0 Å². The lowest BCUT2D eigenvalue weighted by atomic mass is 9.69. The maximum absolute atomic E-state index is 3.79. The average Bonchev–Trinajstić information content (AvgIpc) is 2.47. The summed E-state index contributed by atoms with van der Waals surface area (Å²) in [4.78, 5) is 2.55. The lowest BCUT2D eigenvalue weighted by Gasteiger charge is -2.39. The SMILES string of the molecule is CCCN(CC)CCNC1CCC(C(C)(C)CC)CC1. The van der Waals surface area contributed by atoms with Crippen molar-refractivity contribution in [2.24, 2.45) is 11.3 Å². The van der Waals surface area contributed by atoms with Gasteiger partial charge in [-0.1, -0.05) is 41.0 Å². The van der Waals surface area contributed by atoms with Gasteiger partial charge in [-0.05, 0) is 56.5 Å². The van der Waals surface area contributed by atoms with Crippen molar-refractivity contribution < 1.29 is 0 Å². The molecule has 0 aromatic heterocycles. The number of hydrogen-bond donors (Lipinski definition) is 1. The van der Waals surface area contributed by atoms with Gasteiger partial charge in [0.05, 0.1) is 0 Å².